The predicted octanol–water partition coefficient (Wildman–Crippen LogP) is 0.492. The molecule has 0 saturated carbocycles. The van der Waals surface area contributed by atoms with Crippen molar-refractivity contribution in [3.63, 3.8) is 0 Å². The number of hydrogen-bond acceptors (Lipinski definition) is 8. The van der Waals surface area contributed by atoms with E-state index in [2.05, 4.69) is 20.3 Å². The number of halogens is 1. The molecule has 12 heteroatoms. The van der Waals surface area contributed by atoms with Crippen LogP contribution in [0.25, 0.3) is 0 Å². The molecule has 1 unspecified atom stereocenters. The van der Waals surface area contributed by atoms with Crippen molar-refractivity contribution >= 4 is 31.1 Å². The number of nitrogens with zero attached hydrogens (tertiary/aromatic N) is 3. The van der Waals surface area contributed by atoms with E-state index in [4.69, 9.17) is 25.0 Å². The molecule has 1 aromatic heterocycles. The van der Waals surface area contributed by atoms with E-state index >= 15 is 0 Å². The van der Waals surface area contributed by atoms with Gasteiger partial charge in [-0.1, -0.05) is 0 Å². The second-order valence-electron chi connectivity index (χ2n) is 4.08. The molecule has 22 heavy (non-hydrogen) atoms. The van der Waals surface area contributed by atoms with Crippen LogP contribution in [0.5, 0.6) is 0 Å². The molecule has 0 saturated heterocycles. The van der Waals surface area contributed by atoms with Crippen molar-refractivity contribution in [2.75, 3.05) is 24.1 Å². The Labute approximate surface area is 124 Å². The molecular weight excluding hydrogens is 320 g/mol. The molecule has 1 aliphatic rings. The van der Waals surface area contributed by atoms with E-state index < -0.39 is 26.1 Å². The van der Waals surface area contributed by atoms with Gasteiger partial charge in [-0.05, 0) is 0 Å². The Hall–Kier alpha value is -1.91. The molecule has 1 atom stereocenters. The highest BCUT2D eigenvalue weighted by atomic mass is 31.2. The Morgan fingerprint density at radius 1 is 1.55 bits per heavy atom. The maximum absolute atomic E-state index is 13.7. The third-order valence-electron chi connectivity index (χ3n) is 2.36. The SMILES string of the molecule is Nc1ncnc2c1/N=C\C(F)=C/C(OCP(=O)(O)O)OCN2. The third kappa shape index (κ3) is 4.83. The first-order valence-corrected chi connectivity index (χ1v) is 7.68. The molecule has 0 fully saturated rings. The molecular formula is C10H13FN5O5P. The van der Waals surface area contributed by atoms with Crippen LogP contribution in [0.15, 0.2) is 23.2 Å². The first-order valence-electron chi connectivity index (χ1n) is 5.88. The summed E-state index contributed by atoms with van der Waals surface area (Å²) in [5.41, 5.74) is 5.76. The summed E-state index contributed by atoms with van der Waals surface area (Å²) in [4.78, 5) is 28.9. The van der Waals surface area contributed by atoms with Gasteiger partial charge in [0, 0.05) is 6.08 Å². The first-order chi connectivity index (χ1) is 10.3. The number of rotatable bonds is 3. The molecule has 1 aliphatic heterocycles. The van der Waals surface area contributed by atoms with Crippen LogP contribution < -0.4 is 11.1 Å². The number of fused-ring (bicyclic) bond motifs is 1. The van der Waals surface area contributed by atoms with Gasteiger partial charge in [-0.3, -0.25) is 4.57 Å². The summed E-state index contributed by atoms with van der Waals surface area (Å²) in [5.74, 6) is -0.574. The minimum atomic E-state index is -4.40. The first kappa shape index (κ1) is 16.5. The van der Waals surface area contributed by atoms with Gasteiger partial charge in [0.15, 0.2) is 24.3 Å². The van der Waals surface area contributed by atoms with Crippen LogP contribution in [-0.2, 0) is 14.0 Å². The van der Waals surface area contributed by atoms with Crippen molar-refractivity contribution in [3.05, 3.63) is 18.2 Å². The van der Waals surface area contributed by atoms with Crippen molar-refractivity contribution in [2.24, 2.45) is 4.99 Å². The zero-order valence-corrected chi connectivity index (χ0v) is 12.0. The summed E-state index contributed by atoms with van der Waals surface area (Å²) in [6.45, 7) is -0.186. The van der Waals surface area contributed by atoms with Crippen LogP contribution in [0.4, 0.5) is 21.7 Å². The molecule has 0 bridgehead atoms. The van der Waals surface area contributed by atoms with Gasteiger partial charge in [0.05, 0.1) is 6.21 Å². The lowest BCUT2D eigenvalue weighted by Crippen LogP contribution is -2.21. The minimum absolute atomic E-state index is 0.0522. The topological polar surface area (TPSA) is 152 Å². The van der Waals surface area contributed by atoms with Gasteiger partial charge in [-0.15, -0.1) is 0 Å². The smallest absolute Gasteiger partial charge is 0.351 e. The zero-order chi connectivity index (χ0) is 16.2. The highest BCUT2D eigenvalue weighted by Gasteiger charge is 2.18. The maximum Gasteiger partial charge on any atom is 0.351 e. The summed E-state index contributed by atoms with van der Waals surface area (Å²) in [6, 6.07) is 0. The molecule has 0 aliphatic carbocycles. The molecule has 0 amide bonds. The van der Waals surface area contributed by atoms with Crippen LogP contribution in [0.1, 0.15) is 0 Å². The lowest BCUT2D eigenvalue weighted by atomic mass is 10.4. The summed E-state index contributed by atoms with van der Waals surface area (Å²) >= 11 is 0. The Morgan fingerprint density at radius 3 is 3.05 bits per heavy atom. The fourth-order valence-corrected chi connectivity index (χ4v) is 1.80. The number of aliphatic imine (C=N–C) groups is 1. The molecule has 0 aromatic carbocycles. The zero-order valence-electron chi connectivity index (χ0n) is 11.1. The Bertz CT molecular complexity index is 649. The average molecular weight is 333 g/mol. The van der Waals surface area contributed by atoms with Crippen molar-refractivity contribution in [3.8, 4) is 0 Å². The van der Waals surface area contributed by atoms with E-state index in [-0.39, 0.29) is 24.1 Å². The number of allylic oxidation sites excluding steroid dienone is 1. The fourth-order valence-electron chi connectivity index (χ4n) is 1.46. The standard InChI is InChI=1S/C10H13FN5O5P/c11-6-1-7(21-5-22(17,18)19)20-4-16-10-8(13-2-6)9(12)14-3-15-10/h1-3,7H,4-5H2,(H2,17,18,19)(H3,12,14,15,16)/b6-1+,13-2-. The quantitative estimate of drug-likeness (QED) is 0.579. The van der Waals surface area contributed by atoms with E-state index in [1.807, 2.05) is 0 Å². The second kappa shape index (κ2) is 6.90. The normalized spacial score (nSPS) is 22.9. The van der Waals surface area contributed by atoms with E-state index in [9.17, 15) is 8.96 Å². The van der Waals surface area contributed by atoms with Crippen molar-refractivity contribution in [1.29, 1.82) is 0 Å². The van der Waals surface area contributed by atoms with Gasteiger partial charge >= 0.3 is 7.60 Å². The number of hydrogen-bond donors (Lipinski definition) is 4. The van der Waals surface area contributed by atoms with Gasteiger partial charge in [-0.2, -0.15) is 0 Å². The largest absolute Gasteiger partial charge is 0.382 e. The number of nitrogens with two attached hydrogens (primary N) is 1. The van der Waals surface area contributed by atoms with E-state index in [1.54, 1.807) is 0 Å². The monoisotopic (exact) mass is 333 g/mol. The highest BCUT2D eigenvalue weighted by Crippen LogP contribution is 2.34. The molecule has 2 rings (SSSR count). The van der Waals surface area contributed by atoms with E-state index in [0.29, 0.717) is 0 Å². The van der Waals surface area contributed by atoms with Crippen LogP contribution >= 0.6 is 7.60 Å². The molecule has 120 valence electrons. The molecule has 0 radical (unpaired) electrons. The number of ether oxygens (including phenoxy) is 2. The Morgan fingerprint density at radius 2 is 2.32 bits per heavy atom. The summed E-state index contributed by atoms with van der Waals surface area (Å²) < 4.78 is 34.4. The van der Waals surface area contributed by atoms with E-state index in [0.717, 1.165) is 12.3 Å². The number of nitrogens with one attached hydrogen (secondary N) is 1. The Balaban J connectivity index is 2.20. The van der Waals surface area contributed by atoms with Gasteiger partial charge in [0.25, 0.3) is 0 Å². The van der Waals surface area contributed by atoms with Gasteiger partial charge in [0.1, 0.15) is 24.6 Å². The molecule has 1 aromatic rings. The Kier molecular flexibility index (Phi) is 5.16. The van der Waals surface area contributed by atoms with Crippen LogP contribution in [0.3, 0.4) is 0 Å². The van der Waals surface area contributed by atoms with Crippen LogP contribution in [-0.4, -0.2) is 45.3 Å². The summed E-state index contributed by atoms with van der Waals surface area (Å²) in [5, 5.41) is 2.72. The molecule has 0 spiro atoms. The molecule has 2 heterocycles. The van der Waals surface area contributed by atoms with Gasteiger partial charge < -0.3 is 30.3 Å². The lowest BCUT2D eigenvalue weighted by molar-refractivity contribution is -0.0953. The highest BCUT2D eigenvalue weighted by molar-refractivity contribution is 7.51. The van der Waals surface area contributed by atoms with Crippen molar-refractivity contribution in [2.45, 2.75) is 6.29 Å². The third-order valence-corrected chi connectivity index (χ3v) is 2.84. The fraction of sp³-hybridized carbons (Fsp3) is 0.300. The summed E-state index contributed by atoms with van der Waals surface area (Å²) in [7, 11) is -4.40. The second-order valence-corrected chi connectivity index (χ2v) is 5.67. The molecule has 5 N–H and O–H groups in total. The minimum Gasteiger partial charge on any atom is -0.382 e. The number of aromatic nitrogens is 2. The van der Waals surface area contributed by atoms with Gasteiger partial charge in [0.2, 0.25) is 0 Å². The van der Waals surface area contributed by atoms with Crippen LogP contribution in [0.2, 0.25) is 0 Å². The van der Waals surface area contributed by atoms with E-state index in [1.165, 1.54) is 6.33 Å². The molecule has 10 nitrogen and oxygen atoms in total. The average Bonchev–Trinajstić information content (AvgIpc) is 2.43. The lowest BCUT2D eigenvalue weighted by Gasteiger charge is -2.17. The van der Waals surface area contributed by atoms with Crippen molar-refractivity contribution in [1.82, 2.24) is 9.97 Å². The maximum atomic E-state index is 13.7. The van der Waals surface area contributed by atoms with Crippen molar-refractivity contribution < 1.29 is 28.2 Å². The van der Waals surface area contributed by atoms with Crippen LogP contribution in [0, 0.1) is 0 Å². The number of anilines is 2. The van der Waals surface area contributed by atoms with Gasteiger partial charge in [-0.25, -0.2) is 19.4 Å². The number of nitrogen functional groups attached to an aromatic ring is 1. The predicted molar refractivity (Wildman–Crippen MR) is 75.1 cm³/mol. The summed E-state index contributed by atoms with van der Waals surface area (Å²) in [6.07, 6.45) is 0.669.